The lowest BCUT2D eigenvalue weighted by atomic mass is 10.1. The van der Waals surface area contributed by atoms with Gasteiger partial charge in [0.05, 0.1) is 18.0 Å². The second kappa shape index (κ2) is 6.86. The number of hydrogen-bond acceptors (Lipinski definition) is 3. The maximum Gasteiger partial charge on any atom is 0.346 e. The highest BCUT2D eigenvalue weighted by Crippen LogP contribution is 2.16. The fourth-order valence-corrected chi connectivity index (χ4v) is 3.48. The Balaban J connectivity index is 2.01. The van der Waals surface area contributed by atoms with E-state index in [1.807, 2.05) is 32.0 Å². The lowest BCUT2D eigenvalue weighted by Gasteiger charge is -2.11. The summed E-state index contributed by atoms with van der Waals surface area (Å²) in [6, 6.07) is 5.54. The van der Waals surface area contributed by atoms with Gasteiger partial charge in [0.15, 0.2) is 4.80 Å². The molecule has 1 aromatic carbocycles. The Kier molecular flexibility index (Phi) is 4.82. The molecule has 24 heavy (non-hydrogen) atoms. The van der Waals surface area contributed by atoms with Crippen LogP contribution in [0.1, 0.15) is 22.4 Å². The van der Waals surface area contributed by atoms with Gasteiger partial charge >= 0.3 is 6.03 Å². The molecule has 5 nitrogen and oxygen atoms in total. The van der Waals surface area contributed by atoms with Crippen molar-refractivity contribution in [1.29, 1.82) is 0 Å². The van der Waals surface area contributed by atoms with Crippen molar-refractivity contribution in [1.82, 2.24) is 9.47 Å². The van der Waals surface area contributed by atoms with Gasteiger partial charge in [-0.1, -0.05) is 17.4 Å². The predicted octanol–water partition coefficient (Wildman–Crippen LogP) is 2.71. The van der Waals surface area contributed by atoms with Gasteiger partial charge in [-0.15, -0.1) is 0 Å². The molecule has 2 heterocycles. The number of amides is 2. The van der Waals surface area contributed by atoms with E-state index in [1.54, 1.807) is 10.8 Å². The number of halogens is 1. The highest BCUT2D eigenvalue weighted by molar-refractivity contribution is 7.09. The molecule has 128 valence electrons. The minimum atomic E-state index is -0.965. The minimum absolute atomic E-state index is 0.101. The van der Waals surface area contributed by atoms with Crippen molar-refractivity contribution in [2.45, 2.75) is 33.0 Å². The summed E-state index contributed by atoms with van der Waals surface area (Å²) >= 11 is 1.26. The lowest BCUT2D eigenvalue weighted by Crippen LogP contribution is -2.28. The van der Waals surface area contributed by atoms with E-state index in [0.29, 0.717) is 22.6 Å². The molecule has 1 saturated heterocycles. The smallest absolute Gasteiger partial charge is 0.346 e. The lowest BCUT2D eigenvalue weighted by molar-refractivity contribution is 0.213. The molecule has 1 fully saturated rings. The van der Waals surface area contributed by atoms with Gasteiger partial charge in [-0.05, 0) is 43.5 Å². The van der Waals surface area contributed by atoms with E-state index in [2.05, 4.69) is 4.99 Å². The monoisotopic (exact) mass is 349 g/mol. The molecule has 1 N–H and O–H groups in total. The number of aliphatic hydroxyl groups is 1. The number of rotatable bonds is 2. The number of aromatic nitrogens is 1. The minimum Gasteiger partial charge on any atom is -0.391 e. The maximum absolute atomic E-state index is 13.3. The van der Waals surface area contributed by atoms with Crippen LogP contribution in [-0.2, 0) is 6.61 Å². The Morgan fingerprint density at radius 2 is 2.21 bits per heavy atom. The van der Waals surface area contributed by atoms with Gasteiger partial charge < -0.3 is 10.0 Å². The summed E-state index contributed by atoms with van der Waals surface area (Å²) in [6.45, 7) is 4.43. The third kappa shape index (κ3) is 3.42. The maximum atomic E-state index is 13.3. The summed E-state index contributed by atoms with van der Waals surface area (Å²) in [5.41, 5.74) is 3.19. The Hall–Kier alpha value is -1.99. The van der Waals surface area contributed by atoms with Crippen LogP contribution in [0.25, 0.3) is 5.69 Å². The van der Waals surface area contributed by atoms with Crippen LogP contribution in [0.3, 0.4) is 0 Å². The normalized spacial score (nSPS) is 18.4. The van der Waals surface area contributed by atoms with Crippen molar-refractivity contribution >= 4 is 17.4 Å². The van der Waals surface area contributed by atoms with Gasteiger partial charge in [0.2, 0.25) is 0 Å². The summed E-state index contributed by atoms with van der Waals surface area (Å²) in [7, 11) is 0. The van der Waals surface area contributed by atoms with E-state index in [4.69, 9.17) is 0 Å². The van der Waals surface area contributed by atoms with Crippen LogP contribution in [0, 0.1) is 13.8 Å². The van der Waals surface area contributed by atoms with Gasteiger partial charge in [-0.3, -0.25) is 4.57 Å². The largest absolute Gasteiger partial charge is 0.391 e. The number of carbonyl (C=O) groups is 1. The summed E-state index contributed by atoms with van der Waals surface area (Å²) in [5, 5.41) is 9.41. The van der Waals surface area contributed by atoms with E-state index < -0.39 is 12.2 Å². The van der Waals surface area contributed by atoms with Crippen molar-refractivity contribution < 1.29 is 14.3 Å². The average molecular weight is 349 g/mol. The first-order valence-corrected chi connectivity index (χ1v) is 8.67. The van der Waals surface area contributed by atoms with Crippen LogP contribution in [0.5, 0.6) is 0 Å². The number of aryl methyl sites for hydroxylation is 2. The molecule has 1 aromatic heterocycles. The molecular formula is C17H20FN3O2S. The molecule has 7 heteroatoms. The molecule has 1 unspecified atom stereocenters. The van der Waals surface area contributed by atoms with Crippen molar-refractivity contribution in [3.05, 3.63) is 45.2 Å². The zero-order chi connectivity index (χ0) is 17.3. The quantitative estimate of drug-likeness (QED) is 0.906. The molecule has 0 saturated carbocycles. The number of carbonyl (C=O) groups excluding carboxylic acids is 1. The number of aliphatic hydroxyl groups excluding tert-OH is 1. The molecule has 1 atom stereocenters. The van der Waals surface area contributed by atoms with Crippen LogP contribution in [-0.4, -0.2) is 39.9 Å². The summed E-state index contributed by atoms with van der Waals surface area (Å²) < 4.78 is 15.1. The second-order valence-corrected chi connectivity index (χ2v) is 7.10. The van der Waals surface area contributed by atoms with Gasteiger partial charge in [0, 0.05) is 18.4 Å². The first-order chi connectivity index (χ1) is 11.5. The Morgan fingerprint density at radius 3 is 2.83 bits per heavy atom. The third-order valence-electron chi connectivity index (χ3n) is 4.22. The first kappa shape index (κ1) is 16.9. The van der Waals surface area contributed by atoms with E-state index in [9.17, 15) is 14.3 Å². The summed E-state index contributed by atoms with van der Waals surface area (Å²) in [6.07, 6.45) is 1.18. The van der Waals surface area contributed by atoms with Gasteiger partial charge in [-0.25, -0.2) is 9.18 Å². The molecule has 2 amide bonds. The average Bonchev–Trinajstić information content (AvgIpc) is 3.16. The number of alkyl halides is 1. The second-order valence-electron chi connectivity index (χ2n) is 6.00. The first-order valence-electron chi connectivity index (χ1n) is 7.85. The van der Waals surface area contributed by atoms with E-state index in [1.165, 1.54) is 21.8 Å². The van der Waals surface area contributed by atoms with Crippen molar-refractivity contribution in [2.75, 3.05) is 13.1 Å². The zero-order valence-corrected chi connectivity index (χ0v) is 14.5. The van der Waals surface area contributed by atoms with Gasteiger partial charge in [0.1, 0.15) is 6.17 Å². The molecule has 0 spiro atoms. The van der Waals surface area contributed by atoms with Crippen LogP contribution >= 0.6 is 11.3 Å². The number of hydrogen-bond donors (Lipinski definition) is 1. The molecule has 0 aliphatic carbocycles. The van der Waals surface area contributed by atoms with Crippen molar-refractivity contribution in [2.24, 2.45) is 4.99 Å². The third-order valence-corrected chi connectivity index (χ3v) is 5.19. The van der Waals surface area contributed by atoms with Crippen molar-refractivity contribution in [3.63, 3.8) is 0 Å². The molecule has 0 radical (unpaired) electrons. The molecule has 3 rings (SSSR count). The zero-order valence-electron chi connectivity index (χ0n) is 13.7. The Bertz CT molecular complexity index is 827. The number of likely N-dealkylation sites (tertiary alicyclic amines) is 1. The Morgan fingerprint density at radius 1 is 1.42 bits per heavy atom. The molecular weight excluding hydrogens is 329 g/mol. The number of benzene rings is 1. The number of nitrogens with zero attached hydrogens (tertiary/aromatic N) is 3. The molecule has 0 bridgehead atoms. The summed E-state index contributed by atoms with van der Waals surface area (Å²) in [5.74, 6) is 0. The highest BCUT2D eigenvalue weighted by atomic mass is 32.1. The number of thiazole rings is 1. The predicted molar refractivity (Wildman–Crippen MR) is 91.1 cm³/mol. The highest BCUT2D eigenvalue weighted by Gasteiger charge is 2.25. The van der Waals surface area contributed by atoms with Gasteiger partial charge in [-0.2, -0.15) is 4.99 Å². The van der Waals surface area contributed by atoms with Crippen molar-refractivity contribution in [3.8, 4) is 5.69 Å². The van der Waals surface area contributed by atoms with Crippen LogP contribution < -0.4 is 4.80 Å². The molecule has 2 aromatic rings. The standard InChI is InChI=1S/C17H20FN3O2S/c1-11-3-4-14(7-12(11)2)21-9-15(10-22)24-17(21)19-16(23)20-6-5-13(18)8-20/h3-4,7,9,13,22H,5-6,8,10H2,1-2H3/b19-17-. The fourth-order valence-electron chi connectivity index (χ4n) is 2.65. The SMILES string of the molecule is Cc1ccc(-n2cc(CO)s/c2=N\C(=O)N2CCC(F)C2)cc1C. The number of urea groups is 1. The van der Waals surface area contributed by atoms with Crippen LogP contribution in [0.4, 0.5) is 9.18 Å². The molecule has 1 aliphatic rings. The molecule has 1 aliphatic heterocycles. The van der Waals surface area contributed by atoms with Crippen LogP contribution in [0.2, 0.25) is 0 Å². The van der Waals surface area contributed by atoms with Crippen LogP contribution in [0.15, 0.2) is 29.4 Å². The van der Waals surface area contributed by atoms with Gasteiger partial charge in [0.25, 0.3) is 0 Å². The van der Waals surface area contributed by atoms with E-state index >= 15 is 0 Å². The topological polar surface area (TPSA) is 57.8 Å². The fraction of sp³-hybridized carbons (Fsp3) is 0.412. The summed E-state index contributed by atoms with van der Waals surface area (Å²) in [4.78, 5) is 19.1. The van der Waals surface area contributed by atoms with E-state index in [-0.39, 0.29) is 13.2 Å². The van der Waals surface area contributed by atoms with E-state index in [0.717, 1.165) is 11.3 Å². The Labute approximate surface area is 143 Å².